The quantitative estimate of drug-likeness (QED) is 0.807. The van der Waals surface area contributed by atoms with Gasteiger partial charge in [-0.2, -0.15) is 0 Å². The van der Waals surface area contributed by atoms with Crippen molar-refractivity contribution in [3.63, 3.8) is 0 Å². The fraction of sp³-hybridized carbons (Fsp3) is 0.333. The van der Waals surface area contributed by atoms with Gasteiger partial charge in [-0.1, -0.05) is 17.7 Å². The minimum atomic E-state index is -1.26. The number of benzene rings is 2. The third kappa shape index (κ3) is 4.05. The molecule has 2 aromatic rings. The van der Waals surface area contributed by atoms with Crippen LogP contribution in [0.3, 0.4) is 0 Å². The summed E-state index contributed by atoms with van der Waals surface area (Å²) < 4.78 is 11.0. The molecule has 0 saturated carbocycles. The van der Waals surface area contributed by atoms with Crippen molar-refractivity contribution in [1.29, 1.82) is 0 Å². The molecule has 0 aliphatic carbocycles. The summed E-state index contributed by atoms with van der Waals surface area (Å²) in [5.41, 5.74) is 2.06. The van der Waals surface area contributed by atoms with Gasteiger partial charge in [0.05, 0.1) is 0 Å². The Morgan fingerprint density at radius 1 is 0.889 bits per heavy atom. The van der Waals surface area contributed by atoms with Crippen molar-refractivity contribution in [2.45, 2.75) is 27.7 Å². The molecular formula is C21H24N2O4. The van der Waals surface area contributed by atoms with E-state index in [1.165, 1.54) is 0 Å². The zero-order valence-corrected chi connectivity index (χ0v) is 16.0. The van der Waals surface area contributed by atoms with E-state index in [-0.39, 0.29) is 5.91 Å². The van der Waals surface area contributed by atoms with Crippen LogP contribution in [0.4, 0.5) is 11.4 Å². The van der Waals surface area contributed by atoms with Gasteiger partial charge >= 0.3 is 0 Å². The topological polar surface area (TPSA) is 76.7 Å². The highest BCUT2D eigenvalue weighted by Crippen LogP contribution is 2.33. The van der Waals surface area contributed by atoms with Crippen molar-refractivity contribution < 1.29 is 19.1 Å². The number of amides is 2. The molecule has 2 amide bonds. The summed E-state index contributed by atoms with van der Waals surface area (Å²) >= 11 is 0. The number of fused-ring (bicyclic) bond motifs is 1. The van der Waals surface area contributed by atoms with Crippen LogP contribution in [-0.4, -0.2) is 25.0 Å². The molecule has 1 heterocycles. The van der Waals surface area contributed by atoms with Gasteiger partial charge in [0.1, 0.15) is 18.6 Å². The lowest BCUT2D eigenvalue weighted by atomic mass is 9.90. The van der Waals surface area contributed by atoms with Crippen LogP contribution in [0.25, 0.3) is 0 Å². The Bertz CT molecular complexity index is 890. The Balaban J connectivity index is 1.71. The van der Waals surface area contributed by atoms with Crippen LogP contribution < -0.4 is 20.1 Å². The van der Waals surface area contributed by atoms with E-state index in [1.54, 1.807) is 32.0 Å². The molecule has 0 bridgehead atoms. The minimum absolute atomic E-state index is 0.371. The molecular weight excluding hydrogens is 344 g/mol. The van der Waals surface area contributed by atoms with E-state index < -0.39 is 11.3 Å². The van der Waals surface area contributed by atoms with Crippen LogP contribution in [0.1, 0.15) is 25.0 Å². The number of hydrogen-bond donors (Lipinski definition) is 2. The van der Waals surface area contributed by atoms with Gasteiger partial charge in [-0.3, -0.25) is 9.59 Å². The van der Waals surface area contributed by atoms with Crippen LogP contribution in [0.5, 0.6) is 11.5 Å². The molecule has 3 rings (SSSR count). The number of anilines is 2. The number of carbonyl (C=O) groups is 2. The van der Waals surface area contributed by atoms with E-state index >= 15 is 0 Å². The summed E-state index contributed by atoms with van der Waals surface area (Å²) in [6.45, 7) is 8.07. The van der Waals surface area contributed by atoms with E-state index in [0.717, 1.165) is 11.1 Å². The third-order valence-electron chi connectivity index (χ3n) is 4.57. The van der Waals surface area contributed by atoms with Crippen LogP contribution in [0.15, 0.2) is 36.4 Å². The summed E-state index contributed by atoms with van der Waals surface area (Å²) in [5.74, 6) is 0.452. The van der Waals surface area contributed by atoms with E-state index in [0.29, 0.717) is 36.1 Å². The fourth-order valence-corrected chi connectivity index (χ4v) is 2.74. The Morgan fingerprint density at radius 2 is 1.56 bits per heavy atom. The molecule has 1 aliphatic rings. The van der Waals surface area contributed by atoms with Crippen molar-refractivity contribution in [2.24, 2.45) is 5.41 Å². The molecule has 142 valence electrons. The van der Waals surface area contributed by atoms with Crippen molar-refractivity contribution in [3.05, 3.63) is 47.5 Å². The SMILES string of the molecule is Cc1ccc(NC(=O)C(C)(C)C(=O)Nc2ccc3c(c2)OCCO3)c(C)c1. The first-order chi connectivity index (χ1) is 12.8. The molecule has 2 aromatic carbocycles. The molecule has 0 spiro atoms. The summed E-state index contributed by atoms with van der Waals surface area (Å²) in [4.78, 5) is 25.4. The molecule has 6 nitrogen and oxygen atoms in total. The molecule has 1 aliphatic heterocycles. The molecule has 27 heavy (non-hydrogen) atoms. The van der Waals surface area contributed by atoms with Gasteiger partial charge in [0.15, 0.2) is 11.5 Å². The summed E-state index contributed by atoms with van der Waals surface area (Å²) in [6.07, 6.45) is 0. The van der Waals surface area contributed by atoms with Crippen molar-refractivity contribution in [3.8, 4) is 11.5 Å². The normalized spacial score (nSPS) is 13.0. The minimum Gasteiger partial charge on any atom is -0.486 e. The van der Waals surface area contributed by atoms with E-state index in [9.17, 15) is 9.59 Å². The maximum atomic E-state index is 12.7. The zero-order chi connectivity index (χ0) is 19.6. The van der Waals surface area contributed by atoms with Gasteiger partial charge in [0.25, 0.3) is 0 Å². The number of carbonyl (C=O) groups excluding carboxylic acids is 2. The number of ether oxygens (including phenoxy) is 2. The lowest BCUT2D eigenvalue weighted by Gasteiger charge is -2.24. The van der Waals surface area contributed by atoms with Gasteiger partial charge in [0, 0.05) is 17.4 Å². The monoisotopic (exact) mass is 368 g/mol. The summed E-state index contributed by atoms with van der Waals surface area (Å²) in [7, 11) is 0. The highest BCUT2D eigenvalue weighted by atomic mass is 16.6. The number of hydrogen-bond acceptors (Lipinski definition) is 4. The Labute approximate surface area is 158 Å². The van der Waals surface area contributed by atoms with Crippen LogP contribution in [0.2, 0.25) is 0 Å². The Morgan fingerprint density at radius 3 is 2.26 bits per heavy atom. The van der Waals surface area contributed by atoms with Crippen molar-refractivity contribution >= 4 is 23.2 Å². The van der Waals surface area contributed by atoms with Gasteiger partial charge in [0.2, 0.25) is 11.8 Å². The van der Waals surface area contributed by atoms with Crippen LogP contribution in [0, 0.1) is 19.3 Å². The average molecular weight is 368 g/mol. The van der Waals surface area contributed by atoms with E-state index in [1.807, 2.05) is 32.0 Å². The third-order valence-corrected chi connectivity index (χ3v) is 4.57. The lowest BCUT2D eigenvalue weighted by Crippen LogP contribution is -2.41. The molecule has 0 atom stereocenters. The lowest BCUT2D eigenvalue weighted by molar-refractivity contribution is -0.135. The second-order valence-electron chi connectivity index (χ2n) is 7.21. The molecule has 0 saturated heterocycles. The fourth-order valence-electron chi connectivity index (χ4n) is 2.74. The highest BCUT2D eigenvalue weighted by Gasteiger charge is 2.36. The standard InChI is InChI=1S/C21H24N2O4/c1-13-5-7-16(14(2)11-13)23-20(25)21(3,4)19(24)22-15-6-8-17-18(12-15)27-10-9-26-17/h5-8,11-12H,9-10H2,1-4H3,(H,22,24)(H,23,25). The molecule has 2 N–H and O–H groups in total. The van der Waals surface area contributed by atoms with Gasteiger partial charge < -0.3 is 20.1 Å². The summed E-state index contributed by atoms with van der Waals surface area (Å²) in [6, 6.07) is 10.9. The largest absolute Gasteiger partial charge is 0.486 e. The predicted molar refractivity (Wildman–Crippen MR) is 104 cm³/mol. The molecule has 0 radical (unpaired) electrons. The van der Waals surface area contributed by atoms with Gasteiger partial charge in [-0.15, -0.1) is 0 Å². The Kier molecular flexibility index (Phi) is 5.08. The van der Waals surface area contributed by atoms with Gasteiger partial charge in [-0.25, -0.2) is 0 Å². The predicted octanol–water partition coefficient (Wildman–Crippen LogP) is 3.68. The van der Waals surface area contributed by atoms with Gasteiger partial charge in [-0.05, 0) is 51.5 Å². The molecule has 0 aromatic heterocycles. The van der Waals surface area contributed by atoms with Crippen molar-refractivity contribution in [1.82, 2.24) is 0 Å². The molecule has 0 unspecified atom stereocenters. The van der Waals surface area contributed by atoms with Crippen LogP contribution >= 0.6 is 0 Å². The number of nitrogens with one attached hydrogen (secondary N) is 2. The first-order valence-corrected chi connectivity index (χ1v) is 8.87. The number of aryl methyl sites for hydroxylation is 2. The second kappa shape index (κ2) is 7.31. The van der Waals surface area contributed by atoms with Crippen LogP contribution in [-0.2, 0) is 9.59 Å². The number of rotatable bonds is 4. The highest BCUT2D eigenvalue weighted by molar-refractivity contribution is 6.14. The smallest absolute Gasteiger partial charge is 0.239 e. The van der Waals surface area contributed by atoms with E-state index in [4.69, 9.17) is 9.47 Å². The average Bonchev–Trinajstić information content (AvgIpc) is 2.63. The Hall–Kier alpha value is -3.02. The summed E-state index contributed by atoms with van der Waals surface area (Å²) in [5, 5.41) is 5.64. The first-order valence-electron chi connectivity index (χ1n) is 8.87. The van der Waals surface area contributed by atoms with E-state index in [2.05, 4.69) is 10.6 Å². The zero-order valence-electron chi connectivity index (χ0n) is 16.0. The first kappa shape index (κ1) is 18.8. The maximum Gasteiger partial charge on any atom is 0.239 e. The second-order valence-corrected chi connectivity index (χ2v) is 7.21. The maximum absolute atomic E-state index is 12.7. The van der Waals surface area contributed by atoms with Crippen molar-refractivity contribution in [2.75, 3.05) is 23.8 Å². The molecule has 6 heteroatoms. The molecule has 0 fully saturated rings.